The summed E-state index contributed by atoms with van der Waals surface area (Å²) in [5.74, 6) is 0. The SMILES string of the molecule is CCOC(=O)N1CCC2(CC1)CO[C@@H](C)[C@H]2NC(=S)C(C)(C)C. The molecule has 5 nitrogen and oxygen atoms in total. The number of likely N-dealkylation sites (tertiary alicyclic amines) is 1. The average Bonchev–Trinajstić information content (AvgIpc) is 2.77. The molecule has 2 atom stereocenters. The molecule has 0 aliphatic carbocycles. The van der Waals surface area contributed by atoms with Crippen LogP contribution in [0.5, 0.6) is 0 Å². The molecule has 0 radical (unpaired) electrons. The van der Waals surface area contributed by atoms with Crippen LogP contribution in [0.3, 0.4) is 0 Å². The minimum absolute atomic E-state index is 0.0511. The van der Waals surface area contributed by atoms with Gasteiger partial charge in [-0.05, 0) is 26.7 Å². The van der Waals surface area contributed by atoms with E-state index in [1.165, 1.54) is 0 Å². The minimum atomic E-state index is -0.205. The van der Waals surface area contributed by atoms with Gasteiger partial charge in [-0.2, -0.15) is 0 Å². The molecule has 6 heteroatoms. The first-order valence-electron chi connectivity index (χ1n) is 8.54. The molecule has 2 heterocycles. The topological polar surface area (TPSA) is 50.8 Å². The van der Waals surface area contributed by atoms with Crippen LogP contribution in [0.25, 0.3) is 0 Å². The van der Waals surface area contributed by atoms with Crippen LogP contribution in [-0.2, 0) is 9.47 Å². The maximum atomic E-state index is 11.9. The number of rotatable bonds is 2. The number of hydrogen-bond donors (Lipinski definition) is 1. The number of nitrogens with one attached hydrogen (secondary N) is 1. The summed E-state index contributed by atoms with van der Waals surface area (Å²) >= 11 is 5.58. The molecule has 0 aromatic heterocycles. The minimum Gasteiger partial charge on any atom is -0.450 e. The molecule has 2 aliphatic heterocycles. The van der Waals surface area contributed by atoms with Crippen LogP contribution in [-0.4, -0.2) is 54.4 Å². The van der Waals surface area contributed by atoms with E-state index in [1.54, 1.807) is 4.90 Å². The number of hydrogen-bond acceptors (Lipinski definition) is 4. The van der Waals surface area contributed by atoms with Crippen LogP contribution in [0.2, 0.25) is 0 Å². The zero-order chi connectivity index (χ0) is 17.3. The van der Waals surface area contributed by atoms with Crippen molar-refractivity contribution in [1.82, 2.24) is 10.2 Å². The Bertz CT molecular complexity index is 453. The van der Waals surface area contributed by atoms with Crippen molar-refractivity contribution in [2.75, 3.05) is 26.3 Å². The third-order valence-electron chi connectivity index (χ3n) is 5.02. The van der Waals surface area contributed by atoms with Crippen molar-refractivity contribution in [3.05, 3.63) is 0 Å². The van der Waals surface area contributed by atoms with Gasteiger partial charge in [-0.25, -0.2) is 4.79 Å². The van der Waals surface area contributed by atoms with Gasteiger partial charge in [0.2, 0.25) is 0 Å². The highest BCUT2D eigenvalue weighted by Crippen LogP contribution is 2.42. The fraction of sp³-hybridized carbons (Fsp3) is 0.882. The van der Waals surface area contributed by atoms with Crippen molar-refractivity contribution in [3.8, 4) is 0 Å². The quantitative estimate of drug-likeness (QED) is 0.782. The lowest BCUT2D eigenvalue weighted by atomic mass is 9.73. The van der Waals surface area contributed by atoms with Gasteiger partial charge in [-0.15, -0.1) is 0 Å². The van der Waals surface area contributed by atoms with Crippen LogP contribution in [0, 0.1) is 10.8 Å². The second kappa shape index (κ2) is 6.93. The lowest BCUT2D eigenvalue weighted by Gasteiger charge is -2.43. The van der Waals surface area contributed by atoms with Gasteiger partial charge in [0.05, 0.1) is 30.3 Å². The third-order valence-corrected chi connectivity index (χ3v) is 5.75. The normalized spacial score (nSPS) is 27.1. The molecule has 2 aliphatic rings. The number of nitrogens with zero attached hydrogens (tertiary/aromatic N) is 1. The van der Waals surface area contributed by atoms with Gasteiger partial charge < -0.3 is 19.7 Å². The molecular formula is C17H30N2O3S. The Morgan fingerprint density at radius 3 is 2.52 bits per heavy atom. The van der Waals surface area contributed by atoms with Crippen molar-refractivity contribution in [2.24, 2.45) is 10.8 Å². The summed E-state index contributed by atoms with van der Waals surface area (Å²) < 4.78 is 11.1. The van der Waals surface area contributed by atoms with Gasteiger partial charge in [0, 0.05) is 23.9 Å². The predicted octanol–water partition coefficient (Wildman–Crippen LogP) is 2.98. The molecule has 1 amide bonds. The largest absolute Gasteiger partial charge is 0.450 e. The first kappa shape index (κ1) is 18.5. The lowest BCUT2D eigenvalue weighted by molar-refractivity contribution is 0.0524. The number of thiocarbonyl (C=S) groups is 1. The summed E-state index contributed by atoms with van der Waals surface area (Å²) in [7, 11) is 0. The molecule has 2 saturated heterocycles. The molecule has 0 saturated carbocycles. The highest BCUT2D eigenvalue weighted by Gasteiger charge is 2.50. The molecule has 132 valence electrons. The molecule has 0 bridgehead atoms. The van der Waals surface area contributed by atoms with Gasteiger partial charge in [0.25, 0.3) is 0 Å². The molecule has 0 aromatic rings. The smallest absolute Gasteiger partial charge is 0.409 e. The Kier molecular flexibility index (Phi) is 5.56. The van der Waals surface area contributed by atoms with Crippen molar-refractivity contribution in [1.29, 1.82) is 0 Å². The van der Waals surface area contributed by atoms with Crippen LogP contribution in [0.4, 0.5) is 4.79 Å². The molecule has 1 N–H and O–H groups in total. The van der Waals surface area contributed by atoms with E-state index in [9.17, 15) is 4.79 Å². The number of ether oxygens (including phenoxy) is 2. The maximum absolute atomic E-state index is 11.9. The fourth-order valence-electron chi connectivity index (χ4n) is 3.41. The monoisotopic (exact) mass is 342 g/mol. The van der Waals surface area contributed by atoms with E-state index in [0.29, 0.717) is 6.61 Å². The van der Waals surface area contributed by atoms with Crippen LogP contribution in [0.1, 0.15) is 47.5 Å². The molecule has 23 heavy (non-hydrogen) atoms. The van der Waals surface area contributed by atoms with E-state index in [1.807, 2.05) is 6.92 Å². The second-order valence-corrected chi connectivity index (χ2v) is 8.17. The number of piperidine rings is 1. The zero-order valence-corrected chi connectivity index (χ0v) is 15.8. The van der Waals surface area contributed by atoms with Crippen LogP contribution >= 0.6 is 12.2 Å². The highest BCUT2D eigenvalue weighted by atomic mass is 32.1. The van der Waals surface area contributed by atoms with E-state index >= 15 is 0 Å². The highest BCUT2D eigenvalue weighted by molar-refractivity contribution is 7.80. The number of carbonyl (C=O) groups excluding carboxylic acids is 1. The Hall–Kier alpha value is -0.880. The van der Waals surface area contributed by atoms with Gasteiger partial charge >= 0.3 is 6.09 Å². The van der Waals surface area contributed by atoms with Gasteiger partial charge in [0.15, 0.2) is 0 Å². The second-order valence-electron chi connectivity index (χ2n) is 7.77. The van der Waals surface area contributed by atoms with Gasteiger partial charge in [-0.1, -0.05) is 33.0 Å². The summed E-state index contributed by atoms with van der Waals surface area (Å²) in [6.45, 7) is 12.9. The summed E-state index contributed by atoms with van der Waals surface area (Å²) in [6, 6.07) is 0.207. The maximum Gasteiger partial charge on any atom is 0.409 e. The predicted molar refractivity (Wildman–Crippen MR) is 94.7 cm³/mol. The number of carbonyl (C=O) groups is 1. The van der Waals surface area contributed by atoms with E-state index in [4.69, 9.17) is 21.7 Å². The Labute approximate surface area is 145 Å². The van der Waals surface area contributed by atoms with Crippen LogP contribution in [0.15, 0.2) is 0 Å². The summed E-state index contributed by atoms with van der Waals surface area (Å²) in [6.07, 6.45) is 1.76. The molecule has 2 fully saturated rings. The molecule has 0 aromatic carbocycles. The number of amides is 1. The van der Waals surface area contributed by atoms with E-state index < -0.39 is 0 Å². The van der Waals surface area contributed by atoms with Crippen molar-refractivity contribution >= 4 is 23.3 Å². The molecule has 1 spiro atoms. The Morgan fingerprint density at radius 2 is 2.00 bits per heavy atom. The Morgan fingerprint density at radius 1 is 1.39 bits per heavy atom. The van der Waals surface area contributed by atoms with Crippen molar-refractivity contribution in [3.63, 3.8) is 0 Å². The van der Waals surface area contributed by atoms with Crippen LogP contribution < -0.4 is 5.32 Å². The van der Waals surface area contributed by atoms with Gasteiger partial charge in [0.1, 0.15) is 0 Å². The zero-order valence-electron chi connectivity index (χ0n) is 15.0. The summed E-state index contributed by atoms with van der Waals surface area (Å²) in [4.78, 5) is 14.6. The first-order chi connectivity index (χ1) is 10.7. The standard InChI is InChI=1S/C17H30N2O3S/c1-6-21-15(20)19-9-7-17(8-10-19)11-22-12(2)13(17)18-14(23)16(3,4)5/h12-13H,6-11H2,1-5H3,(H,18,23)/t12-,13+/m0/s1. The molecular weight excluding hydrogens is 312 g/mol. The third kappa shape index (κ3) is 3.97. The first-order valence-corrected chi connectivity index (χ1v) is 8.95. The average molecular weight is 343 g/mol. The summed E-state index contributed by atoms with van der Waals surface area (Å²) in [5.41, 5.74) is 0.00217. The molecule has 2 rings (SSSR count). The van der Waals surface area contributed by atoms with Crippen molar-refractivity contribution < 1.29 is 14.3 Å². The molecule has 0 unspecified atom stereocenters. The fourth-order valence-corrected chi connectivity index (χ4v) is 3.54. The van der Waals surface area contributed by atoms with E-state index in [-0.39, 0.29) is 29.1 Å². The van der Waals surface area contributed by atoms with Crippen molar-refractivity contribution in [2.45, 2.75) is 59.6 Å². The lowest BCUT2D eigenvalue weighted by Crippen LogP contribution is -2.56. The summed E-state index contributed by atoms with van der Waals surface area (Å²) in [5, 5.41) is 3.57. The van der Waals surface area contributed by atoms with E-state index in [2.05, 4.69) is 33.0 Å². The Balaban J connectivity index is 2.03. The van der Waals surface area contributed by atoms with E-state index in [0.717, 1.165) is 37.5 Å². The van der Waals surface area contributed by atoms with Gasteiger partial charge in [-0.3, -0.25) is 0 Å².